The first kappa shape index (κ1) is 18.1. The Morgan fingerprint density at radius 1 is 0.929 bits per heavy atom. The Morgan fingerprint density at radius 2 is 1.75 bits per heavy atom. The molecule has 0 radical (unpaired) electrons. The second-order valence-corrected chi connectivity index (χ2v) is 6.80. The lowest BCUT2D eigenvalue weighted by Gasteiger charge is -2.11. The monoisotopic (exact) mass is 387 g/mol. The van der Waals surface area contributed by atoms with E-state index in [1.165, 1.54) is 5.56 Å². The van der Waals surface area contributed by atoms with Crippen molar-refractivity contribution >= 4 is 28.4 Å². The van der Waals surface area contributed by atoms with E-state index in [2.05, 4.69) is 15.3 Å². The Kier molecular flexibility index (Phi) is 5.31. The number of pyridine rings is 2. The molecule has 138 valence electrons. The molecule has 2 aromatic carbocycles. The van der Waals surface area contributed by atoms with E-state index in [0.29, 0.717) is 34.0 Å². The number of hydrogen-bond acceptors (Lipinski definition) is 3. The molecule has 1 N–H and O–H groups in total. The molecule has 0 atom stereocenters. The average Bonchev–Trinajstić information content (AvgIpc) is 2.75. The van der Waals surface area contributed by atoms with Crippen molar-refractivity contribution in [1.82, 2.24) is 15.3 Å². The highest BCUT2D eigenvalue weighted by atomic mass is 35.5. The fourth-order valence-corrected chi connectivity index (χ4v) is 3.32. The van der Waals surface area contributed by atoms with Crippen LogP contribution in [0.25, 0.3) is 22.3 Å². The molecule has 0 saturated carbocycles. The number of carbonyl (C=O) groups is 1. The highest BCUT2D eigenvalue weighted by molar-refractivity contribution is 6.35. The van der Waals surface area contributed by atoms with E-state index in [4.69, 9.17) is 11.6 Å². The summed E-state index contributed by atoms with van der Waals surface area (Å²) in [6, 6.07) is 22.9. The predicted molar refractivity (Wildman–Crippen MR) is 112 cm³/mol. The SMILES string of the molecule is O=C(NCCc1ccccc1)c1cc(-c2ccccn2)nc2c(Cl)cccc12. The van der Waals surface area contributed by atoms with Gasteiger partial charge in [0.05, 0.1) is 27.5 Å². The Labute approximate surface area is 168 Å². The van der Waals surface area contributed by atoms with Crippen LogP contribution in [0, 0.1) is 0 Å². The minimum atomic E-state index is -0.150. The summed E-state index contributed by atoms with van der Waals surface area (Å²) < 4.78 is 0. The molecule has 0 aliphatic rings. The summed E-state index contributed by atoms with van der Waals surface area (Å²) in [5, 5.41) is 4.24. The topological polar surface area (TPSA) is 54.9 Å². The quantitative estimate of drug-likeness (QED) is 0.528. The lowest BCUT2D eigenvalue weighted by atomic mass is 10.1. The van der Waals surface area contributed by atoms with Crippen molar-refractivity contribution in [2.45, 2.75) is 6.42 Å². The van der Waals surface area contributed by atoms with Crippen LogP contribution in [0.3, 0.4) is 0 Å². The Morgan fingerprint density at radius 3 is 2.54 bits per heavy atom. The van der Waals surface area contributed by atoms with Crippen molar-refractivity contribution < 1.29 is 4.79 Å². The van der Waals surface area contributed by atoms with Crippen LogP contribution >= 0.6 is 11.6 Å². The van der Waals surface area contributed by atoms with Gasteiger partial charge >= 0.3 is 0 Å². The molecule has 5 heteroatoms. The minimum Gasteiger partial charge on any atom is -0.352 e. The fraction of sp³-hybridized carbons (Fsp3) is 0.0870. The van der Waals surface area contributed by atoms with Crippen molar-refractivity contribution in [3.63, 3.8) is 0 Å². The molecular formula is C23H18ClN3O. The van der Waals surface area contributed by atoms with Gasteiger partial charge in [0.2, 0.25) is 0 Å². The van der Waals surface area contributed by atoms with Crippen molar-refractivity contribution in [3.05, 3.63) is 95.1 Å². The van der Waals surface area contributed by atoms with Crippen LogP contribution in [0.2, 0.25) is 5.02 Å². The predicted octanol–water partition coefficient (Wildman–Crippen LogP) is 4.92. The van der Waals surface area contributed by atoms with E-state index >= 15 is 0 Å². The number of para-hydroxylation sites is 1. The van der Waals surface area contributed by atoms with Gasteiger partial charge in [-0.3, -0.25) is 9.78 Å². The van der Waals surface area contributed by atoms with Crippen LogP contribution in [0.4, 0.5) is 0 Å². The number of aromatic nitrogens is 2. The maximum Gasteiger partial charge on any atom is 0.252 e. The summed E-state index contributed by atoms with van der Waals surface area (Å²) in [4.78, 5) is 21.9. The fourth-order valence-electron chi connectivity index (χ4n) is 3.11. The summed E-state index contributed by atoms with van der Waals surface area (Å²) in [5.74, 6) is -0.150. The van der Waals surface area contributed by atoms with E-state index in [1.54, 1.807) is 18.3 Å². The van der Waals surface area contributed by atoms with Gasteiger partial charge in [-0.1, -0.05) is 60.1 Å². The molecule has 0 fully saturated rings. The van der Waals surface area contributed by atoms with E-state index in [1.807, 2.05) is 60.7 Å². The van der Waals surface area contributed by atoms with Gasteiger partial charge in [0.25, 0.3) is 5.91 Å². The standard InChI is InChI=1S/C23H18ClN3O/c24-19-10-6-9-17-18(23(28)26-14-12-16-7-2-1-3-8-16)15-21(27-22(17)19)20-11-4-5-13-25-20/h1-11,13,15H,12,14H2,(H,26,28). The molecule has 0 aliphatic heterocycles. The molecule has 2 heterocycles. The molecule has 0 unspecified atom stereocenters. The third-order valence-electron chi connectivity index (χ3n) is 4.50. The van der Waals surface area contributed by atoms with Gasteiger partial charge in [-0.05, 0) is 36.2 Å². The van der Waals surface area contributed by atoms with Crippen molar-refractivity contribution in [2.24, 2.45) is 0 Å². The molecule has 0 bridgehead atoms. The maximum atomic E-state index is 12.9. The Balaban J connectivity index is 1.66. The second kappa shape index (κ2) is 8.19. The number of rotatable bonds is 5. The van der Waals surface area contributed by atoms with Crippen LogP contribution < -0.4 is 5.32 Å². The molecule has 4 aromatic rings. The van der Waals surface area contributed by atoms with Gasteiger partial charge in [-0.15, -0.1) is 0 Å². The maximum absolute atomic E-state index is 12.9. The van der Waals surface area contributed by atoms with Gasteiger partial charge in [-0.25, -0.2) is 4.98 Å². The van der Waals surface area contributed by atoms with Gasteiger partial charge in [0.1, 0.15) is 0 Å². The first-order valence-electron chi connectivity index (χ1n) is 9.05. The van der Waals surface area contributed by atoms with E-state index in [-0.39, 0.29) is 5.91 Å². The molecule has 4 rings (SSSR count). The van der Waals surface area contributed by atoms with Crippen molar-refractivity contribution in [3.8, 4) is 11.4 Å². The largest absolute Gasteiger partial charge is 0.352 e. The van der Waals surface area contributed by atoms with Crippen LogP contribution in [0.1, 0.15) is 15.9 Å². The van der Waals surface area contributed by atoms with Crippen molar-refractivity contribution in [2.75, 3.05) is 6.54 Å². The van der Waals surface area contributed by atoms with Crippen LogP contribution in [-0.2, 0) is 6.42 Å². The average molecular weight is 388 g/mol. The van der Waals surface area contributed by atoms with E-state index in [9.17, 15) is 4.79 Å². The number of nitrogens with zero attached hydrogens (tertiary/aromatic N) is 2. The van der Waals surface area contributed by atoms with Crippen LogP contribution in [0.15, 0.2) is 79.0 Å². The van der Waals surface area contributed by atoms with E-state index < -0.39 is 0 Å². The number of nitrogens with one attached hydrogen (secondary N) is 1. The normalized spacial score (nSPS) is 10.8. The Bertz CT molecular complexity index is 1110. The third kappa shape index (κ3) is 3.87. The molecule has 28 heavy (non-hydrogen) atoms. The lowest BCUT2D eigenvalue weighted by molar-refractivity contribution is 0.0956. The van der Waals surface area contributed by atoms with Crippen LogP contribution in [0.5, 0.6) is 0 Å². The first-order chi connectivity index (χ1) is 13.7. The first-order valence-corrected chi connectivity index (χ1v) is 9.43. The molecule has 0 aliphatic carbocycles. The number of hydrogen-bond donors (Lipinski definition) is 1. The smallest absolute Gasteiger partial charge is 0.252 e. The lowest BCUT2D eigenvalue weighted by Crippen LogP contribution is -2.26. The summed E-state index contributed by atoms with van der Waals surface area (Å²) in [6.45, 7) is 0.548. The molecule has 0 saturated heterocycles. The van der Waals surface area contributed by atoms with Gasteiger partial charge in [0.15, 0.2) is 0 Å². The number of fused-ring (bicyclic) bond motifs is 1. The van der Waals surface area contributed by atoms with Gasteiger partial charge in [-0.2, -0.15) is 0 Å². The van der Waals surface area contributed by atoms with E-state index in [0.717, 1.165) is 11.8 Å². The van der Waals surface area contributed by atoms with Crippen LogP contribution in [-0.4, -0.2) is 22.4 Å². The van der Waals surface area contributed by atoms with Crippen molar-refractivity contribution in [1.29, 1.82) is 0 Å². The zero-order valence-corrected chi connectivity index (χ0v) is 15.9. The molecular weight excluding hydrogens is 370 g/mol. The summed E-state index contributed by atoms with van der Waals surface area (Å²) in [5.41, 5.74) is 3.64. The molecule has 0 spiro atoms. The number of benzene rings is 2. The summed E-state index contributed by atoms with van der Waals surface area (Å²) in [7, 11) is 0. The summed E-state index contributed by atoms with van der Waals surface area (Å²) in [6.07, 6.45) is 2.47. The zero-order valence-electron chi connectivity index (χ0n) is 15.1. The third-order valence-corrected chi connectivity index (χ3v) is 4.81. The highest BCUT2D eigenvalue weighted by Gasteiger charge is 2.15. The molecule has 2 aromatic heterocycles. The minimum absolute atomic E-state index is 0.150. The summed E-state index contributed by atoms with van der Waals surface area (Å²) >= 11 is 6.36. The number of amides is 1. The highest BCUT2D eigenvalue weighted by Crippen LogP contribution is 2.28. The molecule has 4 nitrogen and oxygen atoms in total. The van der Waals surface area contributed by atoms with Gasteiger partial charge in [0, 0.05) is 18.1 Å². The zero-order chi connectivity index (χ0) is 19.3. The molecule has 1 amide bonds. The number of halogens is 1. The van der Waals surface area contributed by atoms with Gasteiger partial charge < -0.3 is 5.32 Å². The second-order valence-electron chi connectivity index (χ2n) is 6.40. The number of carbonyl (C=O) groups excluding carboxylic acids is 1. The Hall–Kier alpha value is -3.24.